The summed E-state index contributed by atoms with van der Waals surface area (Å²) in [7, 11) is 0. The maximum absolute atomic E-state index is 12.9. The van der Waals surface area contributed by atoms with Crippen molar-refractivity contribution in [3.05, 3.63) is 70.3 Å². The second kappa shape index (κ2) is 6.47. The number of aromatic carboxylic acids is 1. The van der Waals surface area contributed by atoms with Crippen LogP contribution in [-0.4, -0.2) is 11.8 Å². The summed E-state index contributed by atoms with van der Waals surface area (Å²) >= 11 is 0. The molecule has 0 amide bonds. The van der Waals surface area contributed by atoms with Gasteiger partial charge in [0, 0.05) is 16.7 Å². The standard InChI is InChI=1S/C22H26O3/c1-21(2,3)15-9-7-14(8-10-15)19(23)18-13-16(22(4,5)6)11-12-17(18)20(24)25/h7-13H,1-6H3,(H,24,25)/p-1. The zero-order valence-corrected chi connectivity index (χ0v) is 15.8. The number of hydrogen-bond donors (Lipinski definition) is 0. The number of benzene rings is 2. The Morgan fingerprint density at radius 1 is 0.720 bits per heavy atom. The van der Waals surface area contributed by atoms with Crippen molar-refractivity contribution in [3.63, 3.8) is 0 Å². The van der Waals surface area contributed by atoms with Gasteiger partial charge in [0.2, 0.25) is 0 Å². The Balaban J connectivity index is 2.52. The first-order chi connectivity index (χ1) is 11.4. The molecule has 0 unspecified atom stereocenters. The van der Waals surface area contributed by atoms with E-state index < -0.39 is 5.97 Å². The van der Waals surface area contributed by atoms with E-state index >= 15 is 0 Å². The molecule has 3 nitrogen and oxygen atoms in total. The molecular formula is C22H25O3-. The monoisotopic (exact) mass is 337 g/mol. The Bertz CT molecular complexity index is 801. The molecule has 0 saturated carbocycles. The first-order valence-corrected chi connectivity index (χ1v) is 8.42. The van der Waals surface area contributed by atoms with Gasteiger partial charge in [0.1, 0.15) is 0 Å². The van der Waals surface area contributed by atoms with Crippen molar-refractivity contribution in [3.8, 4) is 0 Å². The minimum Gasteiger partial charge on any atom is -0.545 e. The van der Waals surface area contributed by atoms with E-state index in [1.54, 1.807) is 24.3 Å². The van der Waals surface area contributed by atoms with Crippen LogP contribution in [0, 0.1) is 0 Å². The maximum Gasteiger partial charge on any atom is 0.193 e. The molecule has 2 aromatic rings. The molecule has 0 fully saturated rings. The van der Waals surface area contributed by atoms with Crippen molar-refractivity contribution in [2.45, 2.75) is 52.4 Å². The second-order valence-electron chi connectivity index (χ2n) is 8.45. The first-order valence-electron chi connectivity index (χ1n) is 8.42. The fraction of sp³-hybridized carbons (Fsp3) is 0.364. The van der Waals surface area contributed by atoms with Gasteiger partial charge in [-0.25, -0.2) is 0 Å². The lowest BCUT2D eigenvalue weighted by molar-refractivity contribution is -0.255. The van der Waals surface area contributed by atoms with Gasteiger partial charge in [-0.1, -0.05) is 77.9 Å². The van der Waals surface area contributed by atoms with Crippen LogP contribution in [0.25, 0.3) is 0 Å². The van der Waals surface area contributed by atoms with Crippen molar-refractivity contribution in [2.24, 2.45) is 0 Å². The Morgan fingerprint density at radius 2 is 1.20 bits per heavy atom. The zero-order chi connectivity index (χ0) is 19.0. The van der Waals surface area contributed by atoms with Gasteiger partial charge in [-0.2, -0.15) is 0 Å². The largest absolute Gasteiger partial charge is 0.545 e. The van der Waals surface area contributed by atoms with Gasteiger partial charge < -0.3 is 9.90 Å². The molecule has 0 N–H and O–H groups in total. The average Bonchev–Trinajstić information content (AvgIpc) is 2.52. The van der Waals surface area contributed by atoms with Crippen molar-refractivity contribution in [1.82, 2.24) is 0 Å². The van der Waals surface area contributed by atoms with E-state index in [2.05, 4.69) is 20.8 Å². The highest BCUT2D eigenvalue weighted by Gasteiger charge is 2.21. The van der Waals surface area contributed by atoms with Gasteiger partial charge in [0.25, 0.3) is 0 Å². The number of rotatable bonds is 3. The summed E-state index contributed by atoms with van der Waals surface area (Å²) in [6.45, 7) is 12.4. The number of carboxylic acids is 1. The van der Waals surface area contributed by atoms with Crippen molar-refractivity contribution < 1.29 is 14.7 Å². The fourth-order valence-electron chi connectivity index (χ4n) is 2.65. The third-order valence-electron chi connectivity index (χ3n) is 4.36. The summed E-state index contributed by atoms with van der Waals surface area (Å²) in [5, 5.41) is 11.4. The molecule has 132 valence electrons. The Kier molecular flexibility index (Phi) is 4.90. The van der Waals surface area contributed by atoms with Crippen molar-refractivity contribution in [2.75, 3.05) is 0 Å². The Morgan fingerprint density at radius 3 is 1.64 bits per heavy atom. The van der Waals surface area contributed by atoms with E-state index in [0.717, 1.165) is 11.1 Å². The van der Waals surface area contributed by atoms with E-state index in [0.29, 0.717) is 5.56 Å². The van der Waals surface area contributed by atoms with Crippen molar-refractivity contribution in [1.29, 1.82) is 0 Å². The minimum absolute atomic E-state index is 0.0100. The highest BCUT2D eigenvalue weighted by atomic mass is 16.4. The third-order valence-corrected chi connectivity index (χ3v) is 4.36. The van der Waals surface area contributed by atoms with E-state index in [-0.39, 0.29) is 27.7 Å². The van der Waals surface area contributed by atoms with Gasteiger partial charge in [-0.3, -0.25) is 4.79 Å². The van der Waals surface area contributed by atoms with E-state index in [4.69, 9.17) is 0 Å². The molecular weight excluding hydrogens is 312 g/mol. The normalized spacial score (nSPS) is 12.1. The SMILES string of the molecule is CC(C)(C)c1ccc(C(=O)c2cc(C(C)(C)C)ccc2C(=O)[O-])cc1. The summed E-state index contributed by atoms with van der Waals surface area (Å²) in [4.78, 5) is 24.4. The average molecular weight is 337 g/mol. The number of carbonyl (C=O) groups excluding carboxylic acids is 2. The molecule has 0 radical (unpaired) electrons. The lowest BCUT2D eigenvalue weighted by atomic mass is 9.83. The molecule has 0 heterocycles. The summed E-state index contributed by atoms with van der Waals surface area (Å²) < 4.78 is 0. The maximum atomic E-state index is 12.9. The molecule has 2 rings (SSSR count). The minimum atomic E-state index is -1.34. The topological polar surface area (TPSA) is 57.2 Å². The molecule has 0 aromatic heterocycles. The molecule has 0 saturated heterocycles. The highest BCUT2D eigenvalue weighted by molar-refractivity contribution is 6.14. The molecule has 25 heavy (non-hydrogen) atoms. The molecule has 0 aliphatic rings. The van der Waals surface area contributed by atoms with Gasteiger partial charge in [-0.15, -0.1) is 0 Å². The van der Waals surface area contributed by atoms with Crippen LogP contribution in [0.15, 0.2) is 42.5 Å². The molecule has 0 atom stereocenters. The highest BCUT2D eigenvalue weighted by Crippen LogP contribution is 2.27. The van der Waals surface area contributed by atoms with E-state index in [1.807, 2.05) is 32.9 Å². The number of carbonyl (C=O) groups is 2. The van der Waals surface area contributed by atoms with Crippen LogP contribution in [-0.2, 0) is 10.8 Å². The van der Waals surface area contributed by atoms with Gasteiger partial charge in [0.05, 0.1) is 5.97 Å². The van der Waals surface area contributed by atoms with Crippen LogP contribution in [0.3, 0.4) is 0 Å². The molecule has 0 bridgehead atoms. The van der Waals surface area contributed by atoms with Gasteiger partial charge in [0.15, 0.2) is 5.78 Å². The molecule has 0 spiro atoms. The Labute approximate surface area is 149 Å². The van der Waals surface area contributed by atoms with E-state index in [9.17, 15) is 14.7 Å². The lowest BCUT2D eigenvalue weighted by Crippen LogP contribution is -2.26. The zero-order valence-electron chi connectivity index (χ0n) is 15.8. The van der Waals surface area contributed by atoms with Crippen LogP contribution in [0.4, 0.5) is 0 Å². The van der Waals surface area contributed by atoms with Crippen LogP contribution < -0.4 is 5.11 Å². The lowest BCUT2D eigenvalue weighted by Gasteiger charge is -2.22. The number of ketones is 1. The van der Waals surface area contributed by atoms with Gasteiger partial charge in [-0.05, 0) is 28.0 Å². The van der Waals surface area contributed by atoms with Crippen LogP contribution in [0.2, 0.25) is 0 Å². The van der Waals surface area contributed by atoms with Gasteiger partial charge >= 0.3 is 0 Å². The fourth-order valence-corrected chi connectivity index (χ4v) is 2.65. The second-order valence-corrected chi connectivity index (χ2v) is 8.45. The van der Waals surface area contributed by atoms with Crippen LogP contribution >= 0.6 is 0 Å². The van der Waals surface area contributed by atoms with Crippen molar-refractivity contribution >= 4 is 11.8 Å². The molecule has 3 heteroatoms. The summed E-state index contributed by atoms with van der Waals surface area (Å²) in [5.41, 5.74) is 2.41. The molecule has 0 aliphatic carbocycles. The van der Waals surface area contributed by atoms with Crippen LogP contribution in [0.1, 0.15) is 78.9 Å². The molecule has 0 aliphatic heterocycles. The first kappa shape index (κ1) is 18.9. The molecule has 2 aromatic carbocycles. The summed E-state index contributed by atoms with van der Waals surface area (Å²) in [6, 6.07) is 12.2. The number of hydrogen-bond acceptors (Lipinski definition) is 3. The van der Waals surface area contributed by atoms with E-state index in [1.165, 1.54) is 6.07 Å². The summed E-state index contributed by atoms with van der Waals surface area (Å²) in [6.07, 6.45) is 0. The quantitative estimate of drug-likeness (QED) is 0.799. The predicted octanol–water partition coefficient (Wildman–Crippen LogP) is 3.88. The predicted molar refractivity (Wildman–Crippen MR) is 98.0 cm³/mol. The number of carboxylic acid groups (broad SMARTS) is 1. The summed E-state index contributed by atoms with van der Waals surface area (Å²) in [5.74, 6) is -1.64. The smallest absolute Gasteiger partial charge is 0.193 e. The third kappa shape index (κ3) is 4.16. The van der Waals surface area contributed by atoms with Crippen LogP contribution in [0.5, 0.6) is 0 Å². The Hall–Kier alpha value is -2.42.